The number of amides is 2. The van der Waals surface area contributed by atoms with Gasteiger partial charge in [0.05, 0.1) is 12.4 Å². The Hall–Kier alpha value is -2.34. The second-order valence-corrected chi connectivity index (χ2v) is 5.69. The molecule has 6 nitrogen and oxygen atoms in total. The Balaban J connectivity index is 1.43. The Morgan fingerprint density at radius 3 is 3.00 bits per heavy atom. The third kappa shape index (κ3) is 4.56. The van der Waals surface area contributed by atoms with Gasteiger partial charge in [-0.05, 0) is 18.4 Å². The van der Waals surface area contributed by atoms with Gasteiger partial charge in [-0.3, -0.25) is 0 Å². The summed E-state index contributed by atoms with van der Waals surface area (Å²) in [4.78, 5) is 16.0. The summed E-state index contributed by atoms with van der Waals surface area (Å²) >= 11 is 0. The molecule has 0 spiro atoms. The highest BCUT2D eigenvalue weighted by Crippen LogP contribution is 2.27. The minimum atomic E-state index is -0.121. The zero-order chi connectivity index (χ0) is 15.9. The molecule has 0 saturated carbocycles. The molecule has 1 aliphatic rings. The van der Waals surface area contributed by atoms with Gasteiger partial charge in [-0.2, -0.15) is 0 Å². The van der Waals surface area contributed by atoms with Gasteiger partial charge in [-0.15, -0.1) is 0 Å². The number of hydrogen-bond donors (Lipinski definition) is 2. The topological polar surface area (TPSA) is 68.2 Å². The van der Waals surface area contributed by atoms with Crippen LogP contribution in [-0.2, 0) is 11.3 Å². The predicted molar refractivity (Wildman–Crippen MR) is 86.9 cm³/mol. The van der Waals surface area contributed by atoms with E-state index in [9.17, 15) is 4.79 Å². The fraction of sp³-hybridized carbons (Fsp3) is 0.412. The highest BCUT2D eigenvalue weighted by atomic mass is 16.5. The number of nitrogens with one attached hydrogen (secondary N) is 2. The molecule has 0 radical (unpaired) electrons. The first kappa shape index (κ1) is 15.6. The van der Waals surface area contributed by atoms with Crippen LogP contribution in [0.3, 0.4) is 0 Å². The number of nitrogens with zero attached hydrogens (tertiary/aromatic N) is 2. The Bertz CT molecular complexity index is 600. The smallest absolute Gasteiger partial charge is 0.315 e. The van der Waals surface area contributed by atoms with Crippen molar-refractivity contribution < 1.29 is 9.53 Å². The number of aromatic nitrogens is 2. The van der Waals surface area contributed by atoms with Crippen molar-refractivity contribution in [2.75, 3.05) is 13.2 Å². The standard InChI is InChI=1S/C17H22N4O2/c22-17(19-8-10-21-9-7-18-13-21)20-15-6-11-23-16(12-15)14-4-2-1-3-5-14/h1-5,7,9,13,15-16H,6,8,10-12H2,(H2,19,20,22)/t15-,16-/m0/s1. The number of rotatable bonds is 5. The lowest BCUT2D eigenvalue weighted by Gasteiger charge is -2.30. The fourth-order valence-corrected chi connectivity index (χ4v) is 2.78. The molecule has 1 aromatic heterocycles. The van der Waals surface area contributed by atoms with Gasteiger partial charge < -0.3 is 19.9 Å². The van der Waals surface area contributed by atoms with Crippen LogP contribution in [0.15, 0.2) is 49.1 Å². The first-order valence-corrected chi connectivity index (χ1v) is 7.98. The second kappa shape index (κ2) is 7.78. The van der Waals surface area contributed by atoms with Crippen molar-refractivity contribution >= 4 is 6.03 Å². The summed E-state index contributed by atoms with van der Waals surface area (Å²) in [7, 11) is 0. The Morgan fingerprint density at radius 1 is 1.35 bits per heavy atom. The van der Waals surface area contributed by atoms with Crippen molar-refractivity contribution in [3.8, 4) is 0 Å². The second-order valence-electron chi connectivity index (χ2n) is 5.69. The Labute approximate surface area is 135 Å². The number of benzene rings is 1. The quantitative estimate of drug-likeness (QED) is 0.888. The molecule has 2 aromatic rings. The van der Waals surface area contributed by atoms with Crippen LogP contribution in [0.4, 0.5) is 4.79 Å². The number of hydrogen-bond acceptors (Lipinski definition) is 3. The molecular formula is C17H22N4O2. The maximum atomic E-state index is 12.0. The molecule has 6 heteroatoms. The molecule has 122 valence electrons. The monoisotopic (exact) mass is 314 g/mol. The SMILES string of the molecule is O=C(NCCn1ccnc1)N[C@H]1CCO[C@H](c2ccccc2)C1. The van der Waals surface area contributed by atoms with E-state index in [0.717, 1.165) is 12.8 Å². The van der Waals surface area contributed by atoms with E-state index in [1.165, 1.54) is 5.56 Å². The molecule has 0 unspecified atom stereocenters. The van der Waals surface area contributed by atoms with E-state index < -0.39 is 0 Å². The molecule has 2 amide bonds. The summed E-state index contributed by atoms with van der Waals surface area (Å²) in [5, 5.41) is 5.93. The molecule has 3 rings (SSSR count). The van der Waals surface area contributed by atoms with Crippen LogP contribution in [0.2, 0.25) is 0 Å². The summed E-state index contributed by atoms with van der Waals surface area (Å²) in [5.41, 5.74) is 1.17. The molecule has 1 aromatic carbocycles. The maximum Gasteiger partial charge on any atom is 0.315 e. The Kier molecular flexibility index (Phi) is 5.26. The fourth-order valence-electron chi connectivity index (χ4n) is 2.78. The average molecular weight is 314 g/mol. The molecule has 2 atom stereocenters. The molecule has 23 heavy (non-hydrogen) atoms. The van der Waals surface area contributed by atoms with Gasteiger partial charge in [0, 0.05) is 38.1 Å². The molecule has 0 aliphatic carbocycles. The van der Waals surface area contributed by atoms with Crippen LogP contribution in [0.25, 0.3) is 0 Å². The van der Waals surface area contributed by atoms with E-state index in [1.807, 2.05) is 29.0 Å². The van der Waals surface area contributed by atoms with Gasteiger partial charge in [0.25, 0.3) is 0 Å². The van der Waals surface area contributed by atoms with Crippen LogP contribution in [-0.4, -0.2) is 34.8 Å². The lowest BCUT2D eigenvalue weighted by Crippen LogP contribution is -2.45. The van der Waals surface area contributed by atoms with E-state index >= 15 is 0 Å². The molecule has 1 saturated heterocycles. The largest absolute Gasteiger partial charge is 0.373 e. The number of urea groups is 1. The molecule has 2 heterocycles. The molecule has 1 fully saturated rings. The third-order valence-electron chi connectivity index (χ3n) is 4.01. The lowest BCUT2D eigenvalue weighted by molar-refractivity contribution is 0.00226. The van der Waals surface area contributed by atoms with Gasteiger partial charge in [0.2, 0.25) is 0 Å². The van der Waals surface area contributed by atoms with Crippen molar-refractivity contribution in [3.05, 3.63) is 54.6 Å². The normalized spacial score (nSPS) is 20.9. The van der Waals surface area contributed by atoms with E-state index in [0.29, 0.717) is 19.7 Å². The Morgan fingerprint density at radius 2 is 2.22 bits per heavy atom. The van der Waals surface area contributed by atoms with Crippen LogP contribution < -0.4 is 10.6 Å². The van der Waals surface area contributed by atoms with Crippen LogP contribution in [0.1, 0.15) is 24.5 Å². The minimum absolute atomic E-state index is 0.0567. The minimum Gasteiger partial charge on any atom is -0.373 e. The van der Waals surface area contributed by atoms with E-state index in [-0.39, 0.29) is 18.2 Å². The average Bonchev–Trinajstić information content (AvgIpc) is 3.09. The van der Waals surface area contributed by atoms with Gasteiger partial charge in [0.15, 0.2) is 0 Å². The summed E-state index contributed by atoms with van der Waals surface area (Å²) in [5.74, 6) is 0. The van der Waals surface area contributed by atoms with Crippen molar-refractivity contribution in [2.45, 2.75) is 31.5 Å². The molecule has 2 N–H and O–H groups in total. The summed E-state index contributed by atoms with van der Waals surface area (Å²) in [6, 6.07) is 10.2. The number of ether oxygens (including phenoxy) is 1. The molecule has 0 bridgehead atoms. The van der Waals surface area contributed by atoms with Crippen molar-refractivity contribution in [3.63, 3.8) is 0 Å². The van der Waals surface area contributed by atoms with Crippen molar-refractivity contribution in [2.24, 2.45) is 0 Å². The van der Waals surface area contributed by atoms with Gasteiger partial charge in [-0.1, -0.05) is 30.3 Å². The number of imidazole rings is 1. The van der Waals surface area contributed by atoms with Gasteiger partial charge >= 0.3 is 6.03 Å². The van der Waals surface area contributed by atoms with E-state index in [1.54, 1.807) is 12.5 Å². The lowest BCUT2D eigenvalue weighted by atomic mass is 9.97. The van der Waals surface area contributed by atoms with E-state index in [4.69, 9.17) is 4.74 Å². The third-order valence-corrected chi connectivity index (χ3v) is 4.01. The summed E-state index contributed by atoms with van der Waals surface area (Å²) in [6.07, 6.45) is 7.05. The zero-order valence-electron chi connectivity index (χ0n) is 13.0. The summed E-state index contributed by atoms with van der Waals surface area (Å²) in [6.45, 7) is 1.96. The number of carbonyl (C=O) groups is 1. The highest BCUT2D eigenvalue weighted by molar-refractivity contribution is 5.74. The maximum absolute atomic E-state index is 12.0. The van der Waals surface area contributed by atoms with Gasteiger partial charge in [0.1, 0.15) is 0 Å². The predicted octanol–water partition coefficient (Wildman–Crippen LogP) is 2.10. The van der Waals surface area contributed by atoms with Gasteiger partial charge in [-0.25, -0.2) is 9.78 Å². The van der Waals surface area contributed by atoms with Crippen molar-refractivity contribution in [1.29, 1.82) is 0 Å². The summed E-state index contributed by atoms with van der Waals surface area (Å²) < 4.78 is 7.75. The van der Waals surface area contributed by atoms with Crippen LogP contribution in [0, 0.1) is 0 Å². The van der Waals surface area contributed by atoms with E-state index in [2.05, 4.69) is 27.8 Å². The first-order valence-electron chi connectivity index (χ1n) is 7.98. The highest BCUT2D eigenvalue weighted by Gasteiger charge is 2.24. The zero-order valence-corrected chi connectivity index (χ0v) is 13.0. The van der Waals surface area contributed by atoms with Crippen molar-refractivity contribution in [1.82, 2.24) is 20.2 Å². The first-order chi connectivity index (χ1) is 11.3. The molecular weight excluding hydrogens is 292 g/mol. The van der Waals surface area contributed by atoms with Crippen LogP contribution >= 0.6 is 0 Å². The van der Waals surface area contributed by atoms with Crippen LogP contribution in [0.5, 0.6) is 0 Å². The molecule has 1 aliphatic heterocycles. The number of carbonyl (C=O) groups excluding carboxylic acids is 1.